The molecule has 0 aliphatic heterocycles. The summed E-state index contributed by atoms with van der Waals surface area (Å²) in [4.78, 5) is 25.0. The zero-order valence-electron chi connectivity index (χ0n) is 11.8. The van der Waals surface area contributed by atoms with Crippen molar-refractivity contribution in [3.05, 3.63) is 70.8 Å². The Balaban J connectivity index is 2.20. The molecule has 2 aromatic rings. The number of fused-ring (bicyclic) bond motifs is 1. The number of hydrogen-bond acceptors (Lipinski definition) is 3. The molecule has 0 aromatic heterocycles. The van der Waals surface area contributed by atoms with Crippen molar-refractivity contribution in [1.82, 2.24) is 0 Å². The number of allylic oxidation sites excluding steroid dienone is 2. The fourth-order valence-corrected chi connectivity index (χ4v) is 2.68. The third-order valence-corrected chi connectivity index (χ3v) is 3.76. The van der Waals surface area contributed by atoms with E-state index in [0.717, 1.165) is 5.56 Å². The van der Waals surface area contributed by atoms with Gasteiger partial charge in [0, 0.05) is 16.7 Å². The van der Waals surface area contributed by atoms with Crippen molar-refractivity contribution in [2.75, 3.05) is 7.11 Å². The van der Waals surface area contributed by atoms with E-state index < -0.39 is 0 Å². The molecule has 21 heavy (non-hydrogen) atoms. The first-order chi connectivity index (χ1) is 10.1. The highest BCUT2D eigenvalue weighted by atomic mass is 16.5. The Labute approximate surface area is 122 Å². The molecular weight excluding hydrogens is 264 g/mol. The number of carbonyl (C=O) groups is 2. The summed E-state index contributed by atoms with van der Waals surface area (Å²) in [7, 11) is 1.57. The Morgan fingerprint density at radius 1 is 0.857 bits per heavy atom. The molecule has 1 aliphatic carbocycles. The third-order valence-electron chi connectivity index (χ3n) is 3.76. The Morgan fingerprint density at radius 3 is 1.95 bits per heavy atom. The van der Waals surface area contributed by atoms with E-state index in [1.807, 2.05) is 24.3 Å². The molecule has 1 aliphatic rings. The summed E-state index contributed by atoms with van der Waals surface area (Å²) in [6, 6.07) is 14.3. The predicted molar refractivity (Wildman–Crippen MR) is 80.7 cm³/mol. The molecule has 3 rings (SSSR count). The summed E-state index contributed by atoms with van der Waals surface area (Å²) >= 11 is 0. The molecule has 0 radical (unpaired) electrons. The van der Waals surface area contributed by atoms with Crippen molar-refractivity contribution < 1.29 is 14.3 Å². The molecular formula is C18H14O3. The minimum Gasteiger partial charge on any atom is -0.496 e. The highest BCUT2D eigenvalue weighted by molar-refractivity contribution is 6.42. The van der Waals surface area contributed by atoms with Crippen molar-refractivity contribution >= 4 is 17.1 Å². The van der Waals surface area contributed by atoms with E-state index in [4.69, 9.17) is 4.74 Å². The summed E-state index contributed by atoms with van der Waals surface area (Å²) in [5, 5.41) is 0. The van der Waals surface area contributed by atoms with Crippen LogP contribution in [0.15, 0.2) is 54.1 Å². The van der Waals surface area contributed by atoms with E-state index >= 15 is 0 Å². The summed E-state index contributed by atoms with van der Waals surface area (Å²) in [6.45, 7) is 1.79. The lowest BCUT2D eigenvalue weighted by molar-refractivity contribution is 0.0990. The summed E-state index contributed by atoms with van der Waals surface area (Å²) < 4.78 is 5.32. The first kappa shape index (κ1) is 13.3. The lowest BCUT2D eigenvalue weighted by Gasteiger charge is -2.10. The largest absolute Gasteiger partial charge is 0.496 e. The van der Waals surface area contributed by atoms with Gasteiger partial charge in [-0.1, -0.05) is 42.5 Å². The third kappa shape index (κ3) is 1.98. The molecule has 0 saturated carbocycles. The van der Waals surface area contributed by atoms with E-state index in [9.17, 15) is 9.59 Å². The lowest BCUT2D eigenvalue weighted by Crippen LogP contribution is -2.04. The van der Waals surface area contributed by atoms with Crippen molar-refractivity contribution in [3.8, 4) is 5.75 Å². The van der Waals surface area contributed by atoms with E-state index in [0.29, 0.717) is 22.4 Å². The molecule has 0 fully saturated rings. The van der Waals surface area contributed by atoms with Gasteiger partial charge in [-0.25, -0.2) is 0 Å². The Kier molecular flexibility index (Phi) is 3.18. The van der Waals surface area contributed by atoms with E-state index in [1.54, 1.807) is 38.3 Å². The van der Waals surface area contributed by atoms with E-state index in [-0.39, 0.29) is 17.1 Å². The lowest BCUT2D eigenvalue weighted by atomic mass is 9.97. The van der Waals surface area contributed by atoms with Crippen LogP contribution in [0.25, 0.3) is 5.57 Å². The fourth-order valence-electron chi connectivity index (χ4n) is 2.68. The van der Waals surface area contributed by atoms with Crippen molar-refractivity contribution in [2.24, 2.45) is 0 Å². The fraction of sp³-hybridized carbons (Fsp3) is 0.111. The van der Waals surface area contributed by atoms with Gasteiger partial charge in [0.15, 0.2) is 11.6 Å². The van der Waals surface area contributed by atoms with Gasteiger partial charge in [0.1, 0.15) is 5.75 Å². The Hall–Kier alpha value is -2.68. The smallest absolute Gasteiger partial charge is 0.198 e. The van der Waals surface area contributed by atoms with Crippen molar-refractivity contribution in [3.63, 3.8) is 0 Å². The van der Waals surface area contributed by atoms with Crippen LogP contribution in [0.4, 0.5) is 0 Å². The van der Waals surface area contributed by atoms with Crippen LogP contribution in [-0.2, 0) is 0 Å². The topological polar surface area (TPSA) is 43.4 Å². The number of rotatable bonds is 2. The Morgan fingerprint density at radius 2 is 1.38 bits per heavy atom. The van der Waals surface area contributed by atoms with Crippen LogP contribution in [0.3, 0.4) is 0 Å². The minimum atomic E-state index is -0.209. The standard InChI is InChI=1S/C18H14O3/c1-11(12-7-5-6-10-15(12)21-2)16-17(19)13-8-3-4-9-14(13)18(16)20/h3-10H,1-2H3. The molecule has 0 N–H and O–H groups in total. The van der Waals surface area contributed by atoms with Crippen LogP contribution >= 0.6 is 0 Å². The second-order valence-corrected chi connectivity index (χ2v) is 4.90. The van der Waals surface area contributed by atoms with Gasteiger partial charge in [0.05, 0.1) is 12.7 Å². The average Bonchev–Trinajstić information content (AvgIpc) is 2.78. The number of Topliss-reactive ketones (excluding diaryl/α,β-unsaturated/α-hetero) is 2. The number of hydrogen-bond donors (Lipinski definition) is 0. The second kappa shape index (κ2) is 5.02. The molecule has 0 atom stereocenters. The summed E-state index contributed by atoms with van der Waals surface area (Å²) in [6.07, 6.45) is 0. The molecule has 0 unspecified atom stereocenters. The molecule has 0 heterocycles. The number of ketones is 2. The SMILES string of the molecule is COc1ccccc1C(C)=C1C(=O)c2ccccc2C1=O. The van der Waals surface area contributed by atoms with E-state index in [2.05, 4.69) is 0 Å². The monoisotopic (exact) mass is 278 g/mol. The Bertz CT molecular complexity index is 748. The molecule has 3 heteroatoms. The van der Waals surface area contributed by atoms with Gasteiger partial charge in [0.25, 0.3) is 0 Å². The summed E-state index contributed by atoms with van der Waals surface area (Å²) in [5.41, 5.74) is 2.61. The summed E-state index contributed by atoms with van der Waals surface area (Å²) in [5.74, 6) is 0.233. The number of ether oxygens (including phenoxy) is 1. The predicted octanol–water partition coefficient (Wildman–Crippen LogP) is 3.55. The minimum absolute atomic E-state index is 0.209. The molecule has 2 aromatic carbocycles. The first-order valence-electron chi connectivity index (χ1n) is 6.68. The average molecular weight is 278 g/mol. The van der Waals surface area contributed by atoms with Gasteiger partial charge >= 0.3 is 0 Å². The van der Waals surface area contributed by atoms with Gasteiger partial charge in [-0.15, -0.1) is 0 Å². The maximum atomic E-state index is 12.5. The number of methoxy groups -OCH3 is 1. The zero-order chi connectivity index (χ0) is 15.0. The molecule has 104 valence electrons. The molecule has 0 spiro atoms. The van der Waals surface area contributed by atoms with Crippen LogP contribution in [-0.4, -0.2) is 18.7 Å². The molecule has 0 bridgehead atoms. The normalized spacial score (nSPS) is 13.3. The molecule has 0 saturated heterocycles. The van der Waals surface area contributed by atoms with Crippen LogP contribution in [0, 0.1) is 0 Å². The van der Waals surface area contributed by atoms with Gasteiger partial charge in [0.2, 0.25) is 0 Å². The quantitative estimate of drug-likeness (QED) is 0.623. The van der Waals surface area contributed by atoms with Gasteiger partial charge in [-0.3, -0.25) is 9.59 Å². The second-order valence-electron chi connectivity index (χ2n) is 4.90. The maximum absolute atomic E-state index is 12.5. The van der Waals surface area contributed by atoms with Crippen LogP contribution in [0.1, 0.15) is 33.2 Å². The van der Waals surface area contributed by atoms with Gasteiger partial charge < -0.3 is 4.74 Å². The number of carbonyl (C=O) groups excluding carboxylic acids is 2. The first-order valence-corrected chi connectivity index (χ1v) is 6.68. The van der Waals surface area contributed by atoms with Gasteiger partial charge in [-0.05, 0) is 18.6 Å². The van der Waals surface area contributed by atoms with Crippen molar-refractivity contribution in [2.45, 2.75) is 6.92 Å². The highest BCUT2D eigenvalue weighted by Crippen LogP contribution is 2.34. The van der Waals surface area contributed by atoms with Crippen LogP contribution in [0.2, 0.25) is 0 Å². The van der Waals surface area contributed by atoms with Crippen molar-refractivity contribution in [1.29, 1.82) is 0 Å². The number of para-hydroxylation sites is 1. The zero-order valence-corrected chi connectivity index (χ0v) is 11.8. The van der Waals surface area contributed by atoms with Crippen LogP contribution < -0.4 is 4.74 Å². The highest BCUT2D eigenvalue weighted by Gasteiger charge is 2.34. The molecule has 0 amide bonds. The van der Waals surface area contributed by atoms with E-state index in [1.165, 1.54) is 0 Å². The number of benzene rings is 2. The van der Waals surface area contributed by atoms with Crippen LogP contribution in [0.5, 0.6) is 5.75 Å². The molecule has 3 nitrogen and oxygen atoms in total. The maximum Gasteiger partial charge on any atom is 0.198 e. The van der Waals surface area contributed by atoms with Gasteiger partial charge in [-0.2, -0.15) is 0 Å².